The van der Waals surface area contributed by atoms with E-state index in [0.717, 1.165) is 44.1 Å². The van der Waals surface area contributed by atoms with Crippen LogP contribution in [0, 0.1) is 18.8 Å². The van der Waals surface area contributed by atoms with Gasteiger partial charge in [-0.05, 0) is 61.1 Å². The molecule has 1 saturated heterocycles. The number of aromatic nitrogens is 3. The van der Waals surface area contributed by atoms with Crippen LogP contribution in [0.5, 0.6) is 0 Å². The van der Waals surface area contributed by atoms with Crippen molar-refractivity contribution in [2.75, 3.05) is 43.9 Å². The van der Waals surface area contributed by atoms with Crippen molar-refractivity contribution in [2.45, 2.75) is 46.1 Å². The molecule has 4 N–H and O–H groups in total. The summed E-state index contributed by atoms with van der Waals surface area (Å²) in [5.74, 6) is 6.33. The maximum atomic E-state index is 13.2. The Morgan fingerprint density at radius 2 is 1.91 bits per heavy atom. The number of imidazole rings is 1. The molecule has 4 aromatic rings. The molecule has 1 aliphatic heterocycles. The van der Waals surface area contributed by atoms with Gasteiger partial charge in [0.05, 0.1) is 19.3 Å². The Balaban J connectivity index is 1.34. The molecule has 0 radical (unpaired) electrons. The minimum atomic E-state index is -0.470. The van der Waals surface area contributed by atoms with Gasteiger partial charge < -0.3 is 21.1 Å². The number of nitrogens with zero attached hydrogens (tertiary/aromatic N) is 4. The standard InChI is InChI=1S/C34H39N7O3/c1-22(2)28-12-11-27(20-23(28)3)38-34(43)26-9-7-8-25(21-26)30-31-32(35)36-13-15-41(31)33(39-30)24(4)37-29(42)10-5-6-14-40-16-18-44-19-17-40/h7-9,11-13,15,20-22,24H,6,14,16-19H2,1-4H3,(H2,35,36)(H,37,42)(H,38,43)/t24-/m0/s1. The van der Waals surface area contributed by atoms with E-state index in [1.165, 1.54) is 5.56 Å². The van der Waals surface area contributed by atoms with Gasteiger partial charge in [0.25, 0.3) is 11.8 Å². The number of nitrogen functional groups attached to an aromatic ring is 1. The second-order valence-corrected chi connectivity index (χ2v) is 11.3. The van der Waals surface area contributed by atoms with Gasteiger partial charge in [-0.2, -0.15) is 0 Å². The molecule has 3 heterocycles. The van der Waals surface area contributed by atoms with E-state index in [4.69, 9.17) is 15.5 Å². The Labute approximate surface area is 258 Å². The SMILES string of the molecule is Cc1cc(NC(=O)c2cccc(-c3nc([C@H](C)NC(=O)C#CCCN4CCOCC4)n4ccnc(N)c34)c2)ccc1C(C)C. The zero-order chi connectivity index (χ0) is 31.2. The minimum absolute atomic E-state index is 0.230. The number of aryl methyl sites for hydroxylation is 1. The molecule has 2 aromatic carbocycles. The summed E-state index contributed by atoms with van der Waals surface area (Å²) in [6, 6.07) is 12.7. The lowest BCUT2D eigenvalue weighted by Crippen LogP contribution is -2.36. The number of nitrogens with one attached hydrogen (secondary N) is 2. The number of anilines is 2. The number of hydrogen-bond donors (Lipinski definition) is 3. The molecule has 1 aliphatic rings. The Bertz CT molecular complexity index is 1730. The zero-order valence-corrected chi connectivity index (χ0v) is 25.7. The first kappa shape index (κ1) is 30.7. The number of carbonyl (C=O) groups excluding carboxylic acids is 2. The van der Waals surface area contributed by atoms with E-state index in [1.54, 1.807) is 24.5 Å². The summed E-state index contributed by atoms with van der Waals surface area (Å²) >= 11 is 0. The first-order valence-corrected chi connectivity index (χ1v) is 15.0. The minimum Gasteiger partial charge on any atom is -0.382 e. The van der Waals surface area contributed by atoms with E-state index in [9.17, 15) is 9.59 Å². The summed E-state index contributed by atoms with van der Waals surface area (Å²) in [5.41, 5.74) is 11.8. The molecule has 1 fully saturated rings. The average molecular weight is 594 g/mol. The summed E-state index contributed by atoms with van der Waals surface area (Å²) in [5, 5.41) is 5.94. The van der Waals surface area contributed by atoms with E-state index < -0.39 is 6.04 Å². The van der Waals surface area contributed by atoms with Crippen LogP contribution in [0.2, 0.25) is 0 Å². The van der Waals surface area contributed by atoms with Gasteiger partial charge in [-0.25, -0.2) is 9.97 Å². The molecule has 0 bridgehead atoms. The number of rotatable bonds is 8. The lowest BCUT2D eigenvalue weighted by molar-refractivity contribution is -0.116. The number of morpholine rings is 1. The van der Waals surface area contributed by atoms with Crippen molar-refractivity contribution in [1.82, 2.24) is 24.6 Å². The van der Waals surface area contributed by atoms with Crippen molar-refractivity contribution >= 4 is 28.8 Å². The molecule has 2 aromatic heterocycles. The maximum Gasteiger partial charge on any atom is 0.296 e. The Kier molecular flexibility index (Phi) is 9.58. The van der Waals surface area contributed by atoms with Crippen LogP contribution in [0.4, 0.5) is 11.5 Å². The highest BCUT2D eigenvalue weighted by molar-refractivity contribution is 6.05. The third kappa shape index (κ3) is 7.08. The average Bonchev–Trinajstić information content (AvgIpc) is 3.41. The normalized spacial score (nSPS) is 14.2. The van der Waals surface area contributed by atoms with E-state index in [2.05, 4.69) is 52.3 Å². The molecule has 10 nitrogen and oxygen atoms in total. The first-order chi connectivity index (χ1) is 21.2. The van der Waals surface area contributed by atoms with Gasteiger partial charge in [-0.15, -0.1) is 0 Å². The van der Waals surface area contributed by atoms with E-state index in [-0.39, 0.29) is 11.8 Å². The predicted octanol–water partition coefficient (Wildman–Crippen LogP) is 4.57. The monoisotopic (exact) mass is 593 g/mol. The van der Waals surface area contributed by atoms with Gasteiger partial charge in [0, 0.05) is 55.3 Å². The summed E-state index contributed by atoms with van der Waals surface area (Å²) < 4.78 is 7.19. The molecule has 228 valence electrons. The predicted molar refractivity (Wildman–Crippen MR) is 172 cm³/mol. The molecule has 0 aliphatic carbocycles. The molecule has 1 atom stereocenters. The van der Waals surface area contributed by atoms with E-state index in [0.29, 0.717) is 46.3 Å². The van der Waals surface area contributed by atoms with Crippen molar-refractivity contribution in [1.29, 1.82) is 0 Å². The topological polar surface area (TPSA) is 127 Å². The van der Waals surface area contributed by atoms with Crippen LogP contribution in [0.3, 0.4) is 0 Å². The number of nitrogens with two attached hydrogens (primary N) is 1. The van der Waals surface area contributed by atoms with Crippen molar-refractivity contribution in [2.24, 2.45) is 0 Å². The number of fused-ring (bicyclic) bond motifs is 1. The number of benzene rings is 2. The summed E-state index contributed by atoms with van der Waals surface area (Å²) in [7, 11) is 0. The van der Waals surface area contributed by atoms with Crippen LogP contribution in [0.25, 0.3) is 16.8 Å². The third-order valence-electron chi connectivity index (χ3n) is 7.75. The van der Waals surface area contributed by atoms with Crippen LogP contribution >= 0.6 is 0 Å². The summed E-state index contributed by atoms with van der Waals surface area (Å²) in [6.07, 6.45) is 3.95. The Morgan fingerprint density at radius 3 is 2.66 bits per heavy atom. The van der Waals surface area contributed by atoms with Gasteiger partial charge in [-0.1, -0.05) is 38.0 Å². The third-order valence-corrected chi connectivity index (χ3v) is 7.75. The van der Waals surface area contributed by atoms with Crippen LogP contribution in [0.1, 0.15) is 66.5 Å². The van der Waals surface area contributed by atoms with E-state index >= 15 is 0 Å². The fraction of sp³-hybridized carbons (Fsp3) is 0.353. The second-order valence-electron chi connectivity index (χ2n) is 11.3. The van der Waals surface area contributed by atoms with Crippen molar-refractivity contribution in [3.05, 3.63) is 77.4 Å². The van der Waals surface area contributed by atoms with Crippen molar-refractivity contribution in [3.63, 3.8) is 0 Å². The second kappa shape index (κ2) is 13.7. The van der Waals surface area contributed by atoms with Crippen LogP contribution < -0.4 is 16.4 Å². The highest BCUT2D eigenvalue weighted by Gasteiger charge is 2.21. The molecule has 0 spiro atoms. The van der Waals surface area contributed by atoms with Gasteiger partial charge in [0.1, 0.15) is 22.9 Å². The fourth-order valence-electron chi connectivity index (χ4n) is 5.48. The van der Waals surface area contributed by atoms with Crippen LogP contribution in [0.15, 0.2) is 54.9 Å². The fourth-order valence-corrected chi connectivity index (χ4v) is 5.48. The number of amides is 2. The molecule has 2 amide bonds. The number of hydrogen-bond acceptors (Lipinski definition) is 7. The maximum absolute atomic E-state index is 13.2. The molecule has 44 heavy (non-hydrogen) atoms. The first-order valence-electron chi connectivity index (χ1n) is 15.0. The molecular weight excluding hydrogens is 554 g/mol. The van der Waals surface area contributed by atoms with Gasteiger partial charge in [-0.3, -0.25) is 18.9 Å². The molecule has 10 heteroatoms. The zero-order valence-electron chi connectivity index (χ0n) is 25.7. The highest BCUT2D eigenvalue weighted by Crippen LogP contribution is 2.31. The van der Waals surface area contributed by atoms with Crippen LogP contribution in [-0.2, 0) is 9.53 Å². The Morgan fingerprint density at radius 1 is 1.11 bits per heavy atom. The summed E-state index contributed by atoms with van der Waals surface area (Å²) in [4.78, 5) is 37.3. The van der Waals surface area contributed by atoms with Gasteiger partial charge >= 0.3 is 0 Å². The lowest BCUT2D eigenvalue weighted by Gasteiger charge is -2.25. The molecular formula is C34H39N7O3. The molecule has 0 saturated carbocycles. The van der Waals surface area contributed by atoms with Crippen molar-refractivity contribution in [3.8, 4) is 23.1 Å². The number of ether oxygens (including phenoxy) is 1. The molecule has 5 rings (SSSR count). The Hall–Kier alpha value is -4.72. The highest BCUT2D eigenvalue weighted by atomic mass is 16.5. The smallest absolute Gasteiger partial charge is 0.296 e. The van der Waals surface area contributed by atoms with Crippen molar-refractivity contribution < 1.29 is 14.3 Å². The van der Waals surface area contributed by atoms with Gasteiger partial charge in [0.15, 0.2) is 0 Å². The quantitative estimate of drug-likeness (QED) is 0.256. The largest absolute Gasteiger partial charge is 0.382 e. The van der Waals surface area contributed by atoms with E-state index in [1.807, 2.05) is 42.5 Å². The lowest BCUT2D eigenvalue weighted by atomic mass is 9.97. The number of carbonyl (C=O) groups is 2. The van der Waals surface area contributed by atoms with Gasteiger partial charge in [0.2, 0.25) is 0 Å². The molecule has 0 unspecified atom stereocenters. The van der Waals surface area contributed by atoms with Crippen LogP contribution in [-0.4, -0.2) is 63.9 Å². The summed E-state index contributed by atoms with van der Waals surface area (Å²) in [6.45, 7) is 12.2.